The van der Waals surface area contributed by atoms with E-state index in [1.54, 1.807) is 47.3 Å². The van der Waals surface area contributed by atoms with Crippen LogP contribution in [0, 0.1) is 0 Å². The Bertz CT molecular complexity index is 964. The Kier molecular flexibility index (Phi) is 4.85. The first-order valence-electron chi connectivity index (χ1n) is 8.71. The minimum Gasteiger partial charge on any atom is -0.481 e. The zero-order chi connectivity index (χ0) is 19.5. The molecule has 2 N–H and O–H groups in total. The number of morpholine rings is 1. The van der Waals surface area contributed by atoms with Crippen molar-refractivity contribution in [2.24, 2.45) is 0 Å². The Hall–Kier alpha value is -3.53. The lowest BCUT2D eigenvalue weighted by Gasteiger charge is -2.25. The van der Waals surface area contributed by atoms with E-state index >= 15 is 0 Å². The molecule has 4 rings (SSSR count). The Morgan fingerprint density at radius 1 is 1.14 bits per heavy atom. The summed E-state index contributed by atoms with van der Waals surface area (Å²) in [6, 6.07) is 5.22. The van der Waals surface area contributed by atoms with Crippen LogP contribution in [0.4, 0.5) is 5.82 Å². The minimum atomic E-state index is -0.159. The first-order valence-corrected chi connectivity index (χ1v) is 8.71. The van der Waals surface area contributed by atoms with Gasteiger partial charge >= 0.3 is 0 Å². The van der Waals surface area contributed by atoms with Gasteiger partial charge in [0.15, 0.2) is 5.69 Å². The van der Waals surface area contributed by atoms with Crippen LogP contribution in [-0.2, 0) is 4.74 Å². The third-order valence-corrected chi connectivity index (χ3v) is 4.34. The molecule has 1 aliphatic rings. The van der Waals surface area contributed by atoms with Gasteiger partial charge in [0.2, 0.25) is 5.88 Å². The van der Waals surface area contributed by atoms with Gasteiger partial charge in [0.25, 0.3) is 5.91 Å². The average Bonchev–Trinajstić information content (AvgIpc) is 3.20. The largest absolute Gasteiger partial charge is 0.481 e. The molecule has 1 fully saturated rings. The van der Waals surface area contributed by atoms with E-state index in [0.29, 0.717) is 60.8 Å². The fourth-order valence-electron chi connectivity index (χ4n) is 2.88. The summed E-state index contributed by atoms with van der Waals surface area (Å²) in [7, 11) is 1.55. The molecule has 144 valence electrons. The lowest BCUT2D eigenvalue weighted by Crippen LogP contribution is -2.40. The number of nitrogens with two attached hydrogens (primary N) is 1. The van der Waals surface area contributed by atoms with Gasteiger partial charge in [-0.25, -0.2) is 19.6 Å². The van der Waals surface area contributed by atoms with Crippen LogP contribution in [0.15, 0.2) is 36.8 Å². The van der Waals surface area contributed by atoms with Gasteiger partial charge in [0.05, 0.1) is 50.3 Å². The fourth-order valence-corrected chi connectivity index (χ4v) is 2.88. The van der Waals surface area contributed by atoms with Gasteiger partial charge < -0.3 is 20.1 Å². The second-order valence-electron chi connectivity index (χ2n) is 6.12. The van der Waals surface area contributed by atoms with Gasteiger partial charge in [-0.1, -0.05) is 0 Å². The topological polar surface area (TPSA) is 121 Å². The molecule has 10 heteroatoms. The molecule has 1 aliphatic heterocycles. The van der Waals surface area contributed by atoms with Crippen molar-refractivity contribution in [1.29, 1.82) is 0 Å². The standard InChI is InChI=1S/C18H19N7O3/c1-27-17-3-2-12(9-22-17)25-15(14-10-21-16(19)11-20-14)8-13(23-25)18(26)24-4-6-28-7-5-24/h2-3,8-11H,4-7H2,1H3,(H2,19,21). The van der Waals surface area contributed by atoms with Gasteiger partial charge in [0, 0.05) is 19.2 Å². The molecule has 0 saturated carbocycles. The number of rotatable bonds is 4. The SMILES string of the molecule is COc1ccc(-n2nc(C(=O)N3CCOCC3)cc2-c2cnc(N)cn2)cn1. The Balaban J connectivity index is 1.76. The van der Waals surface area contributed by atoms with Crippen LogP contribution in [0.5, 0.6) is 5.88 Å². The number of methoxy groups -OCH3 is 1. The van der Waals surface area contributed by atoms with Crippen molar-refractivity contribution in [3.05, 3.63) is 42.5 Å². The molecule has 0 radical (unpaired) electrons. The molecule has 3 aromatic heterocycles. The van der Waals surface area contributed by atoms with Crippen molar-refractivity contribution in [2.75, 3.05) is 39.1 Å². The number of carbonyl (C=O) groups excluding carboxylic acids is 1. The molecule has 3 aromatic rings. The lowest BCUT2D eigenvalue weighted by molar-refractivity contribution is 0.0298. The zero-order valence-electron chi connectivity index (χ0n) is 15.3. The summed E-state index contributed by atoms with van der Waals surface area (Å²) in [5.74, 6) is 0.632. The van der Waals surface area contributed by atoms with Crippen LogP contribution in [-0.4, -0.2) is 69.0 Å². The summed E-state index contributed by atoms with van der Waals surface area (Å²) >= 11 is 0. The van der Waals surface area contributed by atoms with E-state index in [2.05, 4.69) is 20.1 Å². The number of nitrogens with zero attached hydrogens (tertiary/aromatic N) is 6. The fraction of sp³-hybridized carbons (Fsp3) is 0.278. The molecule has 0 atom stereocenters. The molecule has 0 aliphatic carbocycles. The first kappa shape index (κ1) is 17.9. The van der Waals surface area contributed by atoms with Crippen LogP contribution >= 0.6 is 0 Å². The average molecular weight is 381 g/mol. The molecule has 28 heavy (non-hydrogen) atoms. The quantitative estimate of drug-likeness (QED) is 0.704. The van der Waals surface area contributed by atoms with Crippen LogP contribution in [0.2, 0.25) is 0 Å². The van der Waals surface area contributed by atoms with Crippen molar-refractivity contribution in [1.82, 2.24) is 29.6 Å². The molecule has 4 heterocycles. The normalized spacial score (nSPS) is 14.1. The lowest BCUT2D eigenvalue weighted by atomic mass is 10.2. The van der Waals surface area contributed by atoms with Gasteiger partial charge in [-0.05, 0) is 12.1 Å². The summed E-state index contributed by atoms with van der Waals surface area (Å²) in [5, 5.41) is 4.51. The van der Waals surface area contributed by atoms with E-state index in [9.17, 15) is 4.79 Å². The Labute approximate surface area is 160 Å². The molecule has 1 saturated heterocycles. The van der Waals surface area contributed by atoms with Crippen molar-refractivity contribution in [3.63, 3.8) is 0 Å². The number of amides is 1. The highest BCUT2D eigenvalue weighted by atomic mass is 16.5. The Morgan fingerprint density at radius 2 is 1.96 bits per heavy atom. The van der Waals surface area contributed by atoms with Gasteiger partial charge in [-0.3, -0.25) is 4.79 Å². The van der Waals surface area contributed by atoms with Gasteiger partial charge in [0.1, 0.15) is 11.5 Å². The number of aromatic nitrogens is 5. The van der Waals surface area contributed by atoms with E-state index in [0.717, 1.165) is 0 Å². The highest BCUT2D eigenvalue weighted by Crippen LogP contribution is 2.23. The summed E-state index contributed by atoms with van der Waals surface area (Å²) in [5.41, 5.74) is 7.77. The first-order chi connectivity index (χ1) is 13.7. The van der Waals surface area contributed by atoms with E-state index in [-0.39, 0.29) is 5.91 Å². The number of hydrogen-bond donors (Lipinski definition) is 1. The minimum absolute atomic E-state index is 0.159. The maximum atomic E-state index is 12.9. The number of pyridine rings is 1. The summed E-state index contributed by atoms with van der Waals surface area (Å²) in [6.45, 7) is 2.11. The molecule has 10 nitrogen and oxygen atoms in total. The van der Waals surface area contributed by atoms with Gasteiger partial charge in [-0.2, -0.15) is 5.10 Å². The number of anilines is 1. The monoisotopic (exact) mass is 381 g/mol. The highest BCUT2D eigenvalue weighted by molar-refractivity contribution is 5.93. The smallest absolute Gasteiger partial charge is 0.274 e. The predicted molar refractivity (Wildman–Crippen MR) is 100 cm³/mol. The third kappa shape index (κ3) is 3.49. The van der Waals surface area contributed by atoms with Crippen molar-refractivity contribution in [2.45, 2.75) is 0 Å². The van der Waals surface area contributed by atoms with Gasteiger partial charge in [-0.15, -0.1) is 0 Å². The van der Waals surface area contributed by atoms with Crippen LogP contribution in [0.25, 0.3) is 17.1 Å². The van der Waals surface area contributed by atoms with Crippen LogP contribution in [0.3, 0.4) is 0 Å². The summed E-state index contributed by atoms with van der Waals surface area (Å²) < 4.78 is 12.0. The van der Waals surface area contributed by atoms with Crippen molar-refractivity contribution >= 4 is 11.7 Å². The molecular formula is C18H19N7O3. The molecule has 0 unspecified atom stereocenters. The third-order valence-electron chi connectivity index (χ3n) is 4.34. The maximum Gasteiger partial charge on any atom is 0.274 e. The van der Waals surface area contributed by atoms with Crippen molar-refractivity contribution < 1.29 is 14.3 Å². The molecular weight excluding hydrogens is 362 g/mol. The summed E-state index contributed by atoms with van der Waals surface area (Å²) in [4.78, 5) is 27.2. The molecule has 0 spiro atoms. The second kappa shape index (κ2) is 7.61. The van der Waals surface area contributed by atoms with E-state index < -0.39 is 0 Å². The number of nitrogen functional groups attached to an aromatic ring is 1. The molecule has 0 aromatic carbocycles. The van der Waals surface area contributed by atoms with E-state index in [4.69, 9.17) is 15.2 Å². The Morgan fingerprint density at radius 3 is 2.61 bits per heavy atom. The number of carbonyl (C=O) groups is 1. The number of hydrogen-bond acceptors (Lipinski definition) is 8. The zero-order valence-corrected chi connectivity index (χ0v) is 15.3. The second-order valence-corrected chi connectivity index (χ2v) is 6.12. The van der Waals surface area contributed by atoms with Crippen LogP contribution < -0.4 is 10.5 Å². The summed E-state index contributed by atoms with van der Waals surface area (Å²) in [6.07, 6.45) is 4.62. The maximum absolute atomic E-state index is 12.9. The molecule has 0 bridgehead atoms. The van der Waals surface area contributed by atoms with E-state index in [1.165, 1.54) is 6.20 Å². The predicted octanol–water partition coefficient (Wildman–Crippen LogP) is 0.787. The van der Waals surface area contributed by atoms with Crippen molar-refractivity contribution in [3.8, 4) is 23.0 Å². The van der Waals surface area contributed by atoms with Crippen LogP contribution in [0.1, 0.15) is 10.5 Å². The van der Waals surface area contributed by atoms with E-state index in [1.807, 2.05) is 0 Å². The highest BCUT2D eigenvalue weighted by Gasteiger charge is 2.24. The number of ether oxygens (including phenoxy) is 2. The molecule has 1 amide bonds.